The first-order valence-corrected chi connectivity index (χ1v) is 8.61. The second-order valence-electron chi connectivity index (χ2n) is 5.26. The van der Waals surface area contributed by atoms with Crippen molar-refractivity contribution in [3.05, 3.63) is 47.4 Å². The monoisotopic (exact) mass is 342 g/mol. The molecule has 0 saturated carbocycles. The summed E-state index contributed by atoms with van der Waals surface area (Å²) in [6.45, 7) is 4.76. The Labute approximate surface area is 144 Å². The smallest absolute Gasteiger partial charge is 0.340 e. The molecule has 0 aliphatic heterocycles. The van der Waals surface area contributed by atoms with Crippen LogP contribution < -0.4 is 0 Å². The molecule has 0 amide bonds. The van der Waals surface area contributed by atoms with Crippen LogP contribution in [0.4, 0.5) is 0 Å². The first-order valence-electron chi connectivity index (χ1n) is 7.62. The Kier molecular flexibility index (Phi) is 4.80. The average molecular weight is 342 g/mol. The van der Waals surface area contributed by atoms with Crippen molar-refractivity contribution < 1.29 is 9.53 Å². The summed E-state index contributed by atoms with van der Waals surface area (Å²) in [5.74, 6) is 0.160. The van der Waals surface area contributed by atoms with E-state index in [-0.39, 0.29) is 5.97 Å². The zero-order valence-corrected chi connectivity index (χ0v) is 14.6. The van der Waals surface area contributed by atoms with Crippen LogP contribution >= 0.6 is 11.8 Å². The number of benzene rings is 1. The van der Waals surface area contributed by atoms with Gasteiger partial charge in [-0.2, -0.15) is 0 Å². The summed E-state index contributed by atoms with van der Waals surface area (Å²) in [5, 5.41) is 9.81. The molecular formula is C17H18N4O2S. The second-order valence-corrected chi connectivity index (χ2v) is 6.20. The second kappa shape index (κ2) is 7.00. The van der Waals surface area contributed by atoms with Gasteiger partial charge in [-0.3, -0.25) is 4.98 Å². The number of aryl methyl sites for hydroxylation is 2. The number of thioether (sulfide) groups is 1. The number of ether oxygens (including phenoxy) is 1. The van der Waals surface area contributed by atoms with Gasteiger partial charge < -0.3 is 9.30 Å². The molecule has 0 N–H and O–H groups in total. The van der Waals surface area contributed by atoms with E-state index in [1.54, 1.807) is 6.33 Å². The first kappa shape index (κ1) is 16.4. The summed E-state index contributed by atoms with van der Waals surface area (Å²) in [4.78, 5) is 17.0. The zero-order valence-electron chi connectivity index (χ0n) is 13.8. The molecule has 0 aliphatic carbocycles. The van der Waals surface area contributed by atoms with Gasteiger partial charge in [-0.1, -0.05) is 30.0 Å². The van der Waals surface area contributed by atoms with E-state index in [0.29, 0.717) is 17.0 Å². The minimum Gasteiger partial charge on any atom is -0.465 e. The Bertz CT molecular complexity index is 891. The summed E-state index contributed by atoms with van der Waals surface area (Å²) < 4.78 is 6.92. The Balaban J connectivity index is 2.03. The molecule has 3 aromatic rings. The summed E-state index contributed by atoms with van der Waals surface area (Å²) in [7, 11) is 1.39. The molecule has 0 bridgehead atoms. The first-order chi connectivity index (χ1) is 11.7. The Hall–Kier alpha value is -2.41. The number of hydrogen-bond donors (Lipinski definition) is 0. The molecular weight excluding hydrogens is 324 g/mol. The Morgan fingerprint density at radius 2 is 2.12 bits per heavy atom. The number of carbonyl (C=O) groups excluding carboxylic acids is 1. The van der Waals surface area contributed by atoms with Gasteiger partial charge >= 0.3 is 5.97 Å². The van der Waals surface area contributed by atoms with Crippen molar-refractivity contribution in [2.75, 3.05) is 7.11 Å². The van der Waals surface area contributed by atoms with Gasteiger partial charge in [0.2, 0.25) is 0 Å². The fourth-order valence-corrected chi connectivity index (χ4v) is 3.55. The highest BCUT2D eigenvalue weighted by Crippen LogP contribution is 2.28. The van der Waals surface area contributed by atoms with E-state index in [1.165, 1.54) is 18.9 Å². The normalized spacial score (nSPS) is 11.0. The molecule has 0 fully saturated rings. The van der Waals surface area contributed by atoms with Crippen molar-refractivity contribution in [3.63, 3.8) is 0 Å². The van der Waals surface area contributed by atoms with E-state index in [2.05, 4.69) is 15.2 Å². The highest BCUT2D eigenvalue weighted by molar-refractivity contribution is 7.98. The minimum absolute atomic E-state index is 0.363. The molecule has 2 heterocycles. The maximum absolute atomic E-state index is 12.3. The van der Waals surface area contributed by atoms with Crippen LogP contribution in [0.15, 0.2) is 35.7 Å². The number of carbonyl (C=O) groups is 1. The molecule has 7 heteroatoms. The summed E-state index contributed by atoms with van der Waals surface area (Å²) in [6.07, 6.45) is 1.70. The number of hydrogen-bond acceptors (Lipinski definition) is 6. The van der Waals surface area contributed by atoms with Gasteiger partial charge in [0.05, 0.1) is 23.9 Å². The van der Waals surface area contributed by atoms with E-state index in [1.807, 2.05) is 42.7 Å². The third-order valence-electron chi connectivity index (χ3n) is 3.88. The van der Waals surface area contributed by atoms with Crippen molar-refractivity contribution in [2.45, 2.75) is 31.3 Å². The number of esters is 1. The van der Waals surface area contributed by atoms with Crippen LogP contribution in [0.25, 0.3) is 10.9 Å². The van der Waals surface area contributed by atoms with Crippen molar-refractivity contribution in [3.8, 4) is 0 Å². The standard InChI is InChI=1S/C17H18N4O2S/c1-4-21-10-18-20-17(21)24-9-14-15(16(22)23-3)11(2)12-7-5-6-8-13(12)19-14/h5-8,10H,4,9H2,1-3H3. The van der Waals surface area contributed by atoms with E-state index < -0.39 is 0 Å². The molecule has 0 saturated heterocycles. The lowest BCUT2D eigenvalue weighted by Crippen LogP contribution is -2.10. The lowest BCUT2D eigenvalue weighted by atomic mass is 10.0. The zero-order chi connectivity index (χ0) is 17.1. The predicted octanol–water partition coefficient (Wildman–Crippen LogP) is 3.23. The third-order valence-corrected chi connectivity index (χ3v) is 4.87. The lowest BCUT2D eigenvalue weighted by molar-refractivity contribution is 0.0598. The minimum atomic E-state index is -0.363. The van der Waals surface area contributed by atoms with Gasteiger partial charge in [0.25, 0.3) is 0 Å². The molecule has 0 aliphatic rings. The topological polar surface area (TPSA) is 69.9 Å². The average Bonchev–Trinajstić information content (AvgIpc) is 3.07. The molecule has 24 heavy (non-hydrogen) atoms. The lowest BCUT2D eigenvalue weighted by Gasteiger charge is -2.13. The van der Waals surface area contributed by atoms with Crippen molar-refractivity contribution in [2.24, 2.45) is 0 Å². The van der Waals surface area contributed by atoms with Crippen molar-refractivity contribution in [1.29, 1.82) is 0 Å². The number of fused-ring (bicyclic) bond motifs is 1. The summed E-state index contributed by atoms with van der Waals surface area (Å²) in [5.41, 5.74) is 3.00. The van der Waals surface area contributed by atoms with Gasteiger partial charge in [0, 0.05) is 17.7 Å². The van der Waals surface area contributed by atoms with Gasteiger partial charge in [0.1, 0.15) is 6.33 Å². The van der Waals surface area contributed by atoms with Crippen LogP contribution in [0.5, 0.6) is 0 Å². The molecule has 1 aromatic carbocycles. The number of pyridine rings is 1. The van der Waals surface area contributed by atoms with Gasteiger partial charge in [0.15, 0.2) is 5.16 Å². The fourth-order valence-electron chi connectivity index (χ4n) is 2.62. The van der Waals surface area contributed by atoms with E-state index in [9.17, 15) is 4.79 Å². The quantitative estimate of drug-likeness (QED) is 0.524. The van der Waals surface area contributed by atoms with Crippen LogP contribution in [0, 0.1) is 6.92 Å². The maximum Gasteiger partial charge on any atom is 0.340 e. The van der Waals surface area contributed by atoms with Crippen LogP contribution in [-0.4, -0.2) is 32.8 Å². The van der Waals surface area contributed by atoms with Gasteiger partial charge in [-0.05, 0) is 25.5 Å². The largest absolute Gasteiger partial charge is 0.465 e. The number of methoxy groups -OCH3 is 1. The Morgan fingerprint density at radius 1 is 1.33 bits per heavy atom. The van der Waals surface area contributed by atoms with Crippen molar-refractivity contribution in [1.82, 2.24) is 19.7 Å². The van der Waals surface area contributed by atoms with Crippen molar-refractivity contribution >= 4 is 28.6 Å². The van der Waals surface area contributed by atoms with E-state index in [4.69, 9.17) is 4.74 Å². The molecule has 0 radical (unpaired) electrons. The van der Waals surface area contributed by atoms with Gasteiger partial charge in [-0.25, -0.2) is 4.79 Å². The molecule has 3 rings (SSSR count). The summed E-state index contributed by atoms with van der Waals surface area (Å²) >= 11 is 1.51. The number of rotatable bonds is 5. The van der Waals surface area contributed by atoms with E-state index in [0.717, 1.165) is 28.2 Å². The number of aromatic nitrogens is 4. The molecule has 124 valence electrons. The third kappa shape index (κ3) is 2.99. The molecule has 6 nitrogen and oxygen atoms in total. The molecule has 0 atom stereocenters. The molecule has 0 unspecified atom stereocenters. The fraction of sp³-hybridized carbons (Fsp3) is 0.294. The number of para-hydroxylation sites is 1. The summed E-state index contributed by atoms with van der Waals surface area (Å²) in [6, 6.07) is 7.80. The van der Waals surface area contributed by atoms with Gasteiger partial charge in [-0.15, -0.1) is 10.2 Å². The Morgan fingerprint density at radius 3 is 2.88 bits per heavy atom. The number of nitrogens with zero attached hydrogens (tertiary/aromatic N) is 4. The SMILES string of the molecule is CCn1cnnc1SCc1nc2ccccc2c(C)c1C(=O)OC. The highest BCUT2D eigenvalue weighted by atomic mass is 32.2. The van der Waals surface area contributed by atoms with Crippen LogP contribution in [0.1, 0.15) is 28.5 Å². The highest BCUT2D eigenvalue weighted by Gasteiger charge is 2.20. The van der Waals surface area contributed by atoms with Crippen LogP contribution in [0.2, 0.25) is 0 Å². The van der Waals surface area contributed by atoms with Crippen LogP contribution in [0.3, 0.4) is 0 Å². The predicted molar refractivity (Wildman–Crippen MR) is 93.1 cm³/mol. The van der Waals surface area contributed by atoms with Crippen LogP contribution in [-0.2, 0) is 17.0 Å². The molecule has 0 spiro atoms. The molecule has 2 aromatic heterocycles. The maximum atomic E-state index is 12.3. The van der Waals surface area contributed by atoms with E-state index >= 15 is 0 Å².